The second-order valence-electron chi connectivity index (χ2n) is 3.84. The van der Waals surface area contributed by atoms with Crippen LogP contribution in [-0.4, -0.2) is 4.98 Å². The SMILES string of the molecule is CC(C)C(N)c1cc2occc2cn1. The summed E-state index contributed by atoms with van der Waals surface area (Å²) in [5.41, 5.74) is 7.74. The van der Waals surface area contributed by atoms with E-state index in [-0.39, 0.29) is 6.04 Å². The van der Waals surface area contributed by atoms with Crippen LogP contribution in [0.1, 0.15) is 25.6 Å². The molecule has 0 radical (unpaired) electrons. The van der Waals surface area contributed by atoms with Crippen LogP contribution in [0.25, 0.3) is 11.0 Å². The molecule has 0 saturated heterocycles. The van der Waals surface area contributed by atoms with E-state index in [9.17, 15) is 0 Å². The predicted molar refractivity (Wildman–Crippen MR) is 55.8 cm³/mol. The highest BCUT2D eigenvalue weighted by Crippen LogP contribution is 2.21. The molecule has 3 heteroatoms. The van der Waals surface area contributed by atoms with Gasteiger partial charge in [-0.3, -0.25) is 4.98 Å². The lowest BCUT2D eigenvalue weighted by molar-refractivity contribution is 0.502. The molecule has 2 N–H and O–H groups in total. The van der Waals surface area contributed by atoms with Crippen LogP contribution < -0.4 is 5.73 Å². The van der Waals surface area contributed by atoms with Gasteiger partial charge in [0, 0.05) is 23.7 Å². The van der Waals surface area contributed by atoms with E-state index in [0.717, 1.165) is 16.7 Å². The van der Waals surface area contributed by atoms with E-state index in [1.54, 1.807) is 12.5 Å². The molecule has 0 spiro atoms. The van der Waals surface area contributed by atoms with Crippen LogP contribution in [-0.2, 0) is 0 Å². The Morgan fingerprint density at radius 2 is 2.21 bits per heavy atom. The molecule has 3 nitrogen and oxygen atoms in total. The van der Waals surface area contributed by atoms with E-state index >= 15 is 0 Å². The smallest absolute Gasteiger partial charge is 0.137 e. The quantitative estimate of drug-likeness (QED) is 0.791. The van der Waals surface area contributed by atoms with Gasteiger partial charge in [0.05, 0.1) is 12.0 Å². The maximum atomic E-state index is 5.99. The molecule has 2 aromatic rings. The topological polar surface area (TPSA) is 52.0 Å². The Morgan fingerprint density at radius 1 is 1.43 bits per heavy atom. The van der Waals surface area contributed by atoms with Crippen LogP contribution >= 0.6 is 0 Å². The number of furan rings is 1. The molecule has 2 aromatic heterocycles. The molecule has 0 aliphatic rings. The molecule has 14 heavy (non-hydrogen) atoms. The summed E-state index contributed by atoms with van der Waals surface area (Å²) < 4.78 is 5.29. The van der Waals surface area contributed by atoms with Crippen molar-refractivity contribution in [2.75, 3.05) is 0 Å². The Balaban J connectivity index is 2.43. The first-order valence-corrected chi connectivity index (χ1v) is 4.77. The Hall–Kier alpha value is -1.35. The zero-order chi connectivity index (χ0) is 10.1. The van der Waals surface area contributed by atoms with Gasteiger partial charge in [0.25, 0.3) is 0 Å². The van der Waals surface area contributed by atoms with Crippen LogP contribution in [0.3, 0.4) is 0 Å². The summed E-state index contributed by atoms with van der Waals surface area (Å²) in [7, 11) is 0. The van der Waals surface area contributed by atoms with E-state index in [4.69, 9.17) is 10.2 Å². The number of pyridine rings is 1. The van der Waals surface area contributed by atoms with Gasteiger partial charge < -0.3 is 10.2 Å². The van der Waals surface area contributed by atoms with E-state index in [0.29, 0.717) is 5.92 Å². The molecule has 0 amide bonds. The van der Waals surface area contributed by atoms with Crippen molar-refractivity contribution in [1.82, 2.24) is 4.98 Å². The second kappa shape index (κ2) is 3.42. The zero-order valence-electron chi connectivity index (χ0n) is 8.40. The largest absolute Gasteiger partial charge is 0.464 e. The predicted octanol–water partition coefficient (Wildman–Crippen LogP) is 2.48. The summed E-state index contributed by atoms with van der Waals surface area (Å²) in [6, 6.07) is 3.79. The summed E-state index contributed by atoms with van der Waals surface area (Å²) >= 11 is 0. The molecule has 2 rings (SSSR count). The van der Waals surface area contributed by atoms with E-state index in [1.165, 1.54) is 0 Å². The molecular weight excluding hydrogens is 176 g/mol. The van der Waals surface area contributed by atoms with E-state index in [1.807, 2.05) is 12.1 Å². The molecular formula is C11H14N2O. The van der Waals surface area contributed by atoms with Crippen LogP contribution in [0.5, 0.6) is 0 Å². The Labute approximate surface area is 82.9 Å². The van der Waals surface area contributed by atoms with Crippen molar-refractivity contribution in [1.29, 1.82) is 0 Å². The molecule has 0 aliphatic carbocycles. The first-order valence-electron chi connectivity index (χ1n) is 4.77. The lowest BCUT2D eigenvalue weighted by atomic mass is 10.0. The molecule has 0 aromatic carbocycles. The van der Waals surface area contributed by atoms with Gasteiger partial charge in [0.2, 0.25) is 0 Å². The summed E-state index contributed by atoms with van der Waals surface area (Å²) in [4.78, 5) is 4.32. The maximum Gasteiger partial charge on any atom is 0.137 e. The first-order chi connectivity index (χ1) is 6.68. The third kappa shape index (κ3) is 1.51. The van der Waals surface area contributed by atoms with Crippen molar-refractivity contribution in [2.45, 2.75) is 19.9 Å². The average Bonchev–Trinajstić information content (AvgIpc) is 2.62. The van der Waals surface area contributed by atoms with Crippen molar-refractivity contribution >= 4 is 11.0 Å². The fourth-order valence-corrected chi connectivity index (χ4v) is 1.39. The van der Waals surface area contributed by atoms with Crippen molar-refractivity contribution in [3.05, 3.63) is 30.3 Å². The zero-order valence-corrected chi connectivity index (χ0v) is 8.40. The number of nitrogens with zero attached hydrogens (tertiary/aromatic N) is 1. The van der Waals surface area contributed by atoms with Gasteiger partial charge in [-0.25, -0.2) is 0 Å². The van der Waals surface area contributed by atoms with Crippen LogP contribution in [0.15, 0.2) is 29.0 Å². The molecule has 1 atom stereocenters. The number of aromatic nitrogens is 1. The third-order valence-electron chi connectivity index (χ3n) is 2.42. The number of hydrogen-bond acceptors (Lipinski definition) is 3. The monoisotopic (exact) mass is 190 g/mol. The number of rotatable bonds is 2. The van der Waals surface area contributed by atoms with E-state index in [2.05, 4.69) is 18.8 Å². The van der Waals surface area contributed by atoms with E-state index < -0.39 is 0 Å². The van der Waals surface area contributed by atoms with Gasteiger partial charge in [-0.05, 0) is 12.0 Å². The number of hydrogen-bond donors (Lipinski definition) is 1. The summed E-state index contributed by atoms with van der Waals surface area (Å²) in [6.45, 7) is 4.16. The van der Waals surface area contributed by atoms with Crippen molar-refractivity contribution in [2.24, 2.45) is 11.7 Å². The van der Waals surface area contributed by atoms with Crippen molar-refractivity contribution < 1.29 is 4.42 Å². The van der Waals surface area contributed by atoms with Gasteiger partial charge in [0.1, 0.15) is 5.58 Å². The molecule has 74 valence electrons. The number of nitrogens with two attached hydrogens (primary N) is 1. The highest BCUT2D eigenvalue weighted by Gasteiger charge is 2.12. The second-order valence-corrected chi connectivity index (χ2v) is 3.84. The van der Waals surface area contributed by atoms with Crippen molar-refractivity contribution in [3.8, 4) is 0 Å². The molecule has 2 heterocycles. The fraction of sp³-hybridized carbons (Fsp3) is 0.364. The normalized spacial score (nSPS) is 13.7. The lowest BCUT2D eigenvalue weighted by Gasteiger charge is -2.14. The summed E-state index contributed by atoms with van der Waals surface area (Å²) in [6.07, 6.45) is 3.47. The molecule has 0 bridgehead atoms. The minimum absolute atomic E-state index is 0.0236. The molecule has 0 saturated carbocycles. The minimum atomic E-state index is -0.0236. The van der Waals surface area contributed by atoms with Gasteiger partial charge >= 0.3 is 0 Å². The fourth-order valence-electron chi connectivity index (χ4n) is 1.39. The molecule has 0 fully saturated rings. The standard InChI is InChI=1S/C11H14N2O/c1-7(2)11(12)9-5-10-8(6-13-9)3-4-14-10/h3-7,11H,12H2,1-2H3. The average molecular weight is 190 g/mol. The first kappa shape index (κ1) is 9.21. The summed E-state index contributed by atoms with van der Waals surface area (Å²) in [5.74, 6) is 0.384. The highest BCUT2D eigenvalue weighted by molar-refractivity contribution is 5.76. The molecule has 0 aliphatic heterocycles. The van der Waals surface area contributed by atoms with Gasteiger partial charge in [-0.2, -0.15) is 0 Å². The Bertz CT molecular complexity index is 434. The highest BCUT2D eigenvalue weighted by atomic mass is 16.3. The summed E-state index contributed by atoms with van der Waals surface area (Å²) in [5, 5.41) is 1.02. The number of fused-ring (bicyclic) bond motifs is 1. The van der Waals surface area contributed by atoms with Crippen LogP contribution in [0, 0.1) is 5.92 Å². The maximum absolute atomic E-state index is 5.99. The Morgan fingerprint density at radius 3 is 2.93 bits per heavy atom. The van der Waals surface area contributed by atoms with Crippen LogP contribution in [0.2, 0.25) is 0 Å². The minimum Gasteiger partial charge on any atom is -0.464 e. The van der Waals surface area contributed by atoms with Gasteiger partial charge in [-0.1, -0.05) is 13.8 Å². The van der Waals surface area contributed by atoms with Crippen molar-refractivity contribution in [3.63, 3.8) is 0 Å². The molecule has 1 unspecified atom stereocenters. The van der Waals surface area contributed by atoms with Gasteiger partial charge in [0.15, 0.2) is 0 Å². The lowest BCUT2D eigenvalue weighted by Crippen LogP contribution is -2.17. The Kier molecular flexibility index (Phi) is 2.25. The van der Waals surface area contributed by atoms with Gasteiger partial charge in [-0.15, -0.1) is 0 Å². The third-order valence-corrected chi connectivity index (χ3v) is 2.42. The van der Waals surface area contributed by atoms with Crippen LogP contribution in [0.4, 0.5) is 0 Å².